The summed E-state index contributed by atoms with van der Waals surface area (Å²) in [6.07, 6.45) is 2.90. The van der Waals surface area contributed by atoms with Crippen LogP contribution in [0, 0.1) is 5.92 Å². The highest BCUT2D eigenvalue weighted by molar-refractivity contribution is 5.94. The van der Waals surface area contributed by atoms with E-state index in [2.05, 4.69) is 0 Å². The number of carboxylic acid groups (broad SMARTS) is 1. The van der Waals surface area contributed by atoms with E-state index in [9.17, 15) is 9.59 Å². The van der Waals surface area contributed by atoms with Gasteiger partial charge >= 0.3 is 5.97 Å². The average Bonchev–Trinajstić information content (AvgIpc) is 2.71. The van der Waals surface area contributed by atoms with Crippen molar-refractivity contribution in [3.8, 4) is 0 Å². The maximum absolute atomic E-state index is 11.5. The van der Waals surface area contributed by atoms with E-state index in [1.165, 1.54) is 0 Å². The van der Waals surface area contributed by atoms with Crippen LogP contribution in [0.1, 0.15) is 13.3 Å². The average molecular weight is 227 g/mol. The van der Waals surface area contributed by atoms with Crippen molar-refractivity contribution < 1.29 is 19.4 Å². The molecule has 0 aliphatic carbocycles. The molecule has 16 heavy (non-hydrogen) atoms. The molecular formula is C11H17NO4. The first-order valence-corrected chi connectivity index (χ1v) is 5.41. The number of carbonyl (C=O) groups excluding carboxylic acids is 1. The van der Waals surface area contributed by atoms with E-state index in [0.29, 0.717) is 32.2 Å². The molecule has 0 aromatic carbocycles. The van der Waals surface area contributed by atoms with Crippen LogP contribution in [0.25, 0.3) is 0 Å². The van der Waals surface area contributed by atoms with Gasteiger partial charge in [-0.15, -0.1) is 0 Å². The number of hydrogen-bond donors (Lipinski definition) is 1. The van der Waals surface area contributed by atoms with E-state index >= 15 is 0 Å². The number of amides is 1. The molecule has 1 atom stereocenters. The molecule has 1 unspecified atom stereocenters. The first kappa shape index (κ1) is 12.7. The smallest absolute Gasteiger partial charge is 0.328 e. The Morgan fingerprint density at radius 2 is 2.25 bits per heavy atom. The molecule has 5 nitrogen and oxygen atoms in total. The number of ether oxygens (including phenoxy) is 1. The Morgan fingerprint density at radius 3 is 2.88 bits per heavy atom. The van der Waals surface area contributed by atoms with Gasteiger partial charge in [0.25, 0.3) is 0 Å². The van der Waals surface area contributed by atoms with E-state index in [4.69, 9.17) is 9.84 Å². The van der Waals surface area contributed by atoms with Crippen molar-refractivity contribution in [1.82, 2.24) is 4.90 Å². The summed E-state index contributed by atoms with van der Waals surface area (Å²) in [6.45, 7) is 4.63. The fraction of sp³-hybridized carbons (Fsp3) is 0.636. The van der Waals surface area contributed by atoms with Crippen molar-refractivity contribution in [2.75, 3.05) is 26.3 Å². The maximum atomic E-state index is 11.5. The molecule has 1 heterocycles. The second kappa shape index (κ2) is 6.27. The monoisotopic (exact) mass is 227 g/mol. The van der Waals surface area contributed by atoms with Crippen LogP contribution in [0.5, 0.6) is 0 Å². The van der Waals surface area contributed by atoms with Crippen LogP contribution in [0.15, 0.2) is 12.2 Å². The van der Waals surface area contributed by atoms with Crippen molar-refractivity contribution in [1.29, 1.82) is 0 Å². The van der Waals surface area contributed by atoms with E-state index in [0.717, 1.165) is 18.6 Å². The fourth-order valence-electron chi connectivity index (χ4n) is 1.70. The summed E-state index contributed by atoms with van der Waals surface area (Å²) >= 11 is 0. The zero-order chi connectivity index (χ0) is 12.0. The van der Waals surface area contributed by atoms with Gasteiger partial charge in [-0.05, 0) is 13.3 Å². The summed E-state index contributed by atoms with van der Waals surface area (Å²) in [6, 6.07) is 0. The second-order valence-electron chi connectivity index (χ2n) is 3.77. The van der Waals surface area contributed by atoms with Gasteiger partial charge in [0.2, 0.25) is 5.91 Å². The number of nitrogens with zero attached hydrogens (tertiary/aromatic N) is 1. The molecule has 0 radical (unpaired) electrons. The van der Waals surface area contributed by atoms with Crippen LogP contribution in [-0.4, -0.2) is 48.2 Å². The Kier molecular flexibility index (Phi) is 4.98. The molecule has 1 N–H and O–H groups in total. The lowest BCUT2D eigenvalue weighted by Crippen LogP contribution is -2.27. The molecule has 1 amide bonds. The summed E-state index contributed by atoms with van der Waals surface area (Å²) < 4.78 is 5.29. The van der Waals surface area contributed by atoms with Gasteiger partial charge in [-0.2, -0.15) is 0 Å². The lowest BCUT2D eigenvalue weighted by molar-refractivity contribution is -0.132. The van der Waals surface area contributed by atoms with Crippen LogP contribution >= 0.6 is 0 Å². The van der Waals surface area contributed by atoms with Gasteiger partial charge in [0.05, 0.1) is 6.61 Å². The molecule has 1 rings (SSSR count). The molecule has 0 spiro atoms. The van der Waals surface area contributed by atoms with E-state index in [1.54, 1.807) is 4.90 Å². The van der Waals surface area contributed by atoms with Gasteiger partial charge in [0.1, 0.15) is 0 Å². The summed E-state index contributed by atoms with van der Waals surface area (Å²) in [5.74, 6) is -0.957. The zero-order valence-electron chi connectivity index (χ0n) is 9.39. The van der Waals surface area contributed by atoms with Gasteiger partial charge < -0.3 is 14.7 Å². The van der Waals surface area contributed by atoms with Crippen molar-refractivity contribution in [2.45, 2.75) is 13.3 Å². The van der Waals surface area contributed by atoms with E-state index < -0.39 is 5.97 Å². The molecule has 0 aromatic heterocycles. The van der Waals surface area contributed by atoms with Crippen LogP contribution in [-0.2, 0) is 14.3 Å². The Labute approximate surface area is 94.7 Å². The Morgan fingerprint density at radius 1 is 1.50 bits per heavy atom. The van der Waals surface area contributed by atoms with E-state index in [-0.39, 0.29) is 5.91 Å². The first-order chi connectivity index (χ1) is 7.63. The summed E-state index contributed by atoms with van der Waals surface area (Å²) in [7, 11) is 0. The minimum absolute atomic E-state index is 0.235. The predicted molar refractivity (Wildman–Crippen MR) is 58.0 cm³/mol. The number of aliphatic carboxylic acids is 1. The molecule has 1 aliphatic rings. The van der Waals surface area contributed by atoms with Gasteiger partial charge in [0, 0.05) is 37.8 Å². The molecule has 1 fully saturated rings. The SMILES string of the molecule is CCOCC1CCN(C(=O)/C=C/C(=O)O)C1. The minimum atomic E-state index is -1.10. The third-order valence-corrected chi connectivity index (χ3v) is 2.52. The Bertz CT molecular complexity index is 288. The molecular weight excluding hydrogens is 210 g/mol. The quantitative estimate of drug-likeness (QED) is 0.695. The van der Waals surface area contributed by atoms with Crippen molar-refractivity contribution in [3.05, 3.63) is 12.2 Å². The molecule has 1 aliphatic heterocycles. The number of carbonyl (C=O) groups is 2. The third kappa shape index (κ3) is 4.02. The molecule has 5 heteroatoms. The van der Waals surface area contributed by atoms with Gasteiger partial charge in [-0.1, -0.05) is 0 Å². The standard InChI is InChI=1S/C11H17NO4/c1-2-16-8-9-5-6-12(7-9)10(13)3-4-11(14)15/h3-4,9H,2,5-8H2,1H3,(H,14,15)/b4-3+. The largest absolute Gasteiger partial charge is 0.478 e. The maximum Gasteiger partial charge on any atom is 0.328 e. The molecule has 90 valence electrons. The van der Waals surface area contributed by atoms with E-state index in [1.807, 2.05) is 6.92 Å². The van der Waals surface area contributed by atoms with Gasteiger partial charge in [-0.3, -0.25) is 4.79 Å². The van der Waals surface area contributed by atoms with Crippen LogP contribution in [0.3, 0.4) is 0 Å². The summed E-state index contributed by atoms with van der Waals surface area (Å²) in [5, 5.41) is 8.40. The number of likely N-dealkylation sites (tertiary alicyclic amines) is 1. The Hall–Kier alpha value is -1.36. The van der Waals surface area contributed by atoms with Crippen LogP contribution in [0.2, 0.25) is 0 Å². The number of hydrogen-bond acceptors (Lipinski definition) is 3. The van der Waals surface area contributed by atoms with Crippen molar-refractivity contribution in [2.24, 2.45) is 5.92 Å². The molecule has 1 saturated heterocycles. The normalized spacial score (nSPS) is 20.6. The summed E-state index contributed by atoms with van der Waals surface area (Å²) in [4.78, 5) is 23.4. The lowest BCUT2D eigenvalue weighted by atomic mass is 10.1. The van der Waals surface area contributed by atoms with Crippen LogP contribution in [0.4, 0.5) is 0 Å². The van der Waals surface area contributed by atoms with Crippen molar-refractivity contribution >= 4 is 11.9 Å². The molecule has 0 bridgehead atoms. The molecule has 0 saturated carbocycles. The minimum Gasteiger partial charge on any atom is -0.478 e. The fourth-order valence-corrected chi connectivity index (χ4v) is 1.70. The zero-order valence-corrected chi connectivity index (χ0v) is 9.39. The van der Waals surface area contributed by atoms with Crippen molar-refractivity contribution in [3.63, 3.8) is 0 Å². The molecule has 0 aromatic rings. The second-order valence-corrected chi connectivity index (χ2v) is 3.77. The highest BCUT2D eigenvalue weighted by Gasteiger charge is 2.24. The van der Waals surface area contributed by atoms with Gasteiger partial charge in [-0.25, -0.2) is 4.79 Å². The van der Waals surface area contributed by atoms with Gasteiger partial charge in [0.15, 0.2) is 0 Å². The summed E-state index contributed by atoms with van der Waals surface area (Å²) in [5.41, 5.74) is 0. The number of carboxylic acids is 1. The third-order valence-electron chi connectivity index (χ3n) is 2.52. The number of rotatable bonds is 5. The lowest BCUT2D eigenvalue weighted by Gasteiger charge is -2.14. The topological polar surface area (TPSA) is 66.8 Å². The highest BCUT2D eigenvalue weighted by atomic mass is 16.5. The first-order valence-electron chi connectivity index (χ1n) is 5.41. The predicted octanol–water partition coefficient (Wildman–Crippen LogP) is 0.512. The Balaban J connectivity index is 2.35. The highest BCUT2D eigenvalue weighted by Crippen LogP contribution is 2.16. The van der Waals surface area contributed by atoms with Crippen LogP contribution < -0.4 is 0 Å².